The molecule has 27 heavy (non-hydrogen) atoms. The number of esters is 1. The van der Waals surface area contributed by atoms with Crippen LogP contribution in [0.3, 0.4) is 0 Å². The van der Waals surface area contributed by atoms with Gasteiger partial charge in [-0.1, -0.05) is 71.9 Å². The highest BCUT2D eigenvalue weighted by molar-refractivity contribution is 5.73. The summed E-state index contributed by atoms with van der Waals surface area (Å²) in [6, 6.07) is 17.1. The molecular weight excluding hydrogens is 336 g/mol. The first-order chi connectivity index (χ1) is 12.5. The van der Waals surface area contributed by atoms with Crippen molar-refractivity contribution in [1.29, 1.82) is 0 Å². The fraction of sp³-hybridized carbons (Fsp3) is 0.458. The molecular formula is C24H32O3. The highest BCUT2D eigenvalue weighted by atomic mass is 16.6. The Bertz CT molecular complexity index is 719. The number of benzene rings is 2. The third-order valence-electron chi connectivity index (χ3n) is 4.48. The summed E-state index contributed by atoms with van der Waals surface area (Å²) in [6.07, 6.45) is 1.11. The van der Waals surface area contributed by atoms with Crippen LogP contribution in [0.5, 0.6) is 11.5 Å². The van der Waals surface area contributed by atoms with Crippen molar-refractivity contribution in [1.82, 2.24) is 0 Å². The zero-order valence-corrected chi connectivity index (χ0v) is 17.4. The summed E-state index contributed by atoms with van der Waals surface area (Å²) < 4.78 is 10.8. The first kappa shape index (κ1) is 21.0. The summed E-state index contributed by atoms with van der Waals surface area (Å²) in [6.45, 7) is 13.6. The van der Waals surface area contributed by atoms with E-state index in [1.165, 1.54) is 5.56 Å². The molecule has 1 atom stereocenters. The normalized spacial score (nSPS) is 13.1. The quantitative estimate of drug-likeness (QED) is 0.447. The van der Waals surface area contributed by atoms with Crippen LogP contribution >= 0.6 is 0 Å². The fourth-order valence-electron chi connectivity index (χ4n) is 3.12. The van der Waals surface area contributed by atoms with Gasteiger partial charge in [0.25, 0.3) is 0 Å². The maximum absolute atomic E-state index is 11.9. The number of ether oxygens (including phenoxy) is 2. The van der Waals surface area contributed by atoms with Crippen molar-refractivity contribution in [3.8, 4) is 11.5 Å². The molecule has 0 saturated heterocycles. The Balaban J connectivity index is 1.98. The molecule has 0 amide bonds. The minimum absolute atomic E-state index is 0.112. The van der Waals surface area contributed by atoms with Crippen molar-refractivity contribution in [2.24, 2.45) is 10.8 Å². The van der Waals surface area contributed by atoms with Crippen molar-refractivity contribution in [2.45, 2.75) is 53.9 Å². The summed E-state index contributed by atoms with van der Waals surface area (Å²) >= 11 is 0. The maximum atomic E-state index is 11.9. The van der Waals surface area contributed by atoms with Crippen LogP contribution in [-0.4, -0.2) is 12.6 Å². The molecule has 0 spiro atoms. The second-order valence-electron chi connectivity index (χ2n) is 9.33. The van der Waals surface area contributed by atoms with Crippen LogP contribution in [0.1, 0.15) is 59.4 Å². The monoisotopic (exact) mass is 368 g/mol. The number of hydrogen-bond donors (Lipinski definition) is 0. The van der Waals surface area contributed by atoms with Gasteiger partial charge < -0.3 is 9.47 Å². The number of carbonyl (C=O) groups excluding carboxylic acids is 1. The standard InChI is InChI=1S/C24H32O3/c1-23(2,3)16-21(24(4,5)6)18-12-14-19(15-13-18)26-17-22(25)27-20-10-8-7-9-11-20/h7-15,21H,16-17H2,1-6H3. The van der Waals surface area contributed by atoms with E-state index in [0.717, 1.165) is 6.42 Å². The zero-order chi connectivity index (χ0) is 20.1. The number of carbonyl (C=O) groups is 1. The van der Waals surface area contributed by atoms with Gasteiger partial charge in [-0.05, 0) is 53.0 Å². The van der Waals surface area contributed by atoms with E-state index in [0.29, 0.717) is 17.4 Å². The summed E-state index contributed by atoms with van der Waals surface area (Å²) in [7, 11) is 0. The predicted octanol–water partition coefficient (Wildman–Crippen LogP) is 6.24. The highest BCUT2D eigenvalue weighted by Crippen LogP contribution is 2.43. The number of rotatable bonds is 6. The highest BCUT2D eigenvalue weighted by Gasteiger charge is 2.30. The van der Waals surface area contributed by atoms with E-state index in [1.807, 2.05) is 30.3 Å². The first-order valence-electron chi connectivity index (χ1n) is 9.53. The van der Waals surface area contributed by atoms with Gasteiger partial charge >= 0.3 is 5.97 Å². The van der Waals surface area contributed by atoms with Gasteiger partial charge in [-0.2, -0.15) is 0 Å². The van der Waals surface area contributed by atoms with E-state index in [9.17, 15) is 4.79 Å². The van der Waals surface area contributed by atoms with Crippen LogP contribution in [0.15, 0.2) is 54.6 Å². The Morgan fingerprint density at radius 1 is 0.852 bits per heavy atom. The molecule has 2 aromatic rings. The topological polar surface area (TPSA) is 35.5 Å². The van der Waals surface area contributed by atoms with Crippen LogP contribution in [0.4, 0.5) is 0 Å². The van der Waals surface area contributed by atoms with Crippen LogP contribution in [-0.2, 0) is 4.79 Å². The van der Waals surface area contributed by atoms with Crippen LogP contribution in [0.2, 0.25) is 0 Å². The first-order valence-corrected chi connectivity index (χ1v) is 9.53. The minimum atomic E-state index is -0.412. The fourth-order valence-corrected chi connectivity index (χ4v) is 3.12. The Morgan fingerprint density at radius 3 is 1.96 bits per heavy atom. The molecule has 3 heteroatoms. The minimum Gasteiger partial charge on any atom is -0.482 e. The van der Waals surface area contributed by atoms with Crippen LogP contribution < -0.4 is 9.47 Å². The van der Waals surface area contributed by atoms with E-state index >= 15 is 0 Å². The van der Waals surface area contributed by atoms with Crippen molar-refractivity contribution in [3.05, 3.63) is 60.2 Å². The third-order valence-corrected chi connectivity index (χ3v) is 4.48. The lowest BCUT2D eigenvalue weighted by atomic mass is 9.69. The average Bonchev–Trinajstić information content (AvgIpc) is 2.58. The lowest BCUT2D eigenvalue weighted by molar-refractivity contribution is -0.136. The molecule has 2 rings (SSSR count). The molecule has 0 heterocycles. The van der Waals surface area contributed by atoms with Crippen LogP contribution in [0, 0.1) is 10.8 Å². The summed E-state index contributed by atoms with van der Waals surface area (Å²) in [5, 5.41) is 0. The van der Waals surface area contributed by atoms with Gasteiger partial charge in [-0.3, -0.25) is 0 Å². The van der Waals surface area contributed by atoms with Crippen molar-refractivity contribution >= 4 is 5.97 Å². The smallest absolute Gasteiger partial charge is 0.349 e. The molecule has 0 aromatic heterocycles. The molecule has 0 aliphatic rings. The number of hydrogen-bond acceptors (Lipinski definition) is 3. The summed E-state index contributed by atoms with van der Waals surface area (Å²) in [5.41, 5.74) is 1.74. The lowest BCUT2D eigenvalue weighted by Gasteiger charge is -2.36. The van der Waals surface area contributed by atoms with Crippen molar-refractivity contribution < 1.29 is 14.3 Å². The second-order valence-corrected chi connectivity index (χ2v) is 9.33. The van der Waals surface area contributed by atoms with Crippen molar-refractivity contribution in [3.63, 3.8) is 0 Å². The van der Waals surface area contributed by atoms with E-state index in [-0.39, 0.29) is 17.4 Å². The van der Waals surface area contributed by atoms with E-state index in [2.05, 4.69) is 53.7 Å². The molecule has 0 aliphatic heterocycles. The molecule has 0 fully saturated rings. The lowest BCUT2D eigenvalue weighted by Crippen LogP contribution is -2.23. The molecule has 0 saturated carbocycles. The number of para-hydroxylation sites is 1. The summed E-state index contributed by atoms with van der Waals surface area (Å²) in [5.74, 6) is 1.24. The second kappa shape index (κ2) is 8.60. The maximum Gasteiger partial charge on any atom is 0.349 e. The van der Waals surface area contributed by atoms with E-state index in [1.54, 1.807) is 12.1 Å². The van der Waals surface area contributed by atoms with Gasteiger partial charge in [0.1, 0.15) is 11.5 Å². The Labute approximate surface area is 163 Å². The van der Waals surface area contributed by atoms with Gasteiger partial charge in [-0.15, -0.1) is 0 Å². The van der Waals surface area contributed by atoms with Gasteiger partial charge in [0, 0.05) is 0 Å². The van der Waals surface area contributed by atoms with Gasteiger partial charge in [0.15, 0.2) is 6.61 Å². The average molecular weight is 369 g/mol. The predicted molar refractivity (Wildman–Crippen MR) is 110 cm³/mol. The Kier molecular flexibility index (Phi) is 6.69. The zero-order valence-electron chi connectivity index (χ0n) is 17.4. The van der Waals surface area contributed by atoms with Gasteiger partial charge in [-0.25, -0.2) is 4.79 Å². The molecule has 0 N–H and O–H groups in total. The molecule has 0 bridgehead atoms. The Morgan fingerprint density at radius 2 is 1.44 bits per heavy atom. The van der Waals surface area contributed by atoms with E-state index < -0.39 is 5.97 Å². The third kappa shape index (κ3) is 7.09. The molecule has 2 aromatic carbocycles. The van der Waals surface area contributed by atoms with Gasteiger partial charge in [0.2, 0.25) is 0 Å². The summed E-state index contributed by atoms with van der Waals surface area (Å²) in [4.78, 5) is 11.9. The largest absolute Gasteiger partial charge is 0.482 e. The Hall–Kier alpha value is -2.29. The van der Waals surface area contributed by atoms with Crippen LogP contribution in [0.25, 0.3) is 0 Å². The molecule has 1 unspecified atom stereocenters. The molecule has 146 valence electrons. The molecule has 0 radical (unpaired) electrons. The SMILES string of the molecule is CC(C)(C)CC(c1ccc(OCC(=O)Oc2ccccc2)cc1)C(C)(C)C. The molecule has 3 nitrogen and oxygen atoms in total. The van der Waals surface area contributed by atoms with Crippen molar-refractivity contribution in [2.75, 3.05) is 6.61 Å². The van der Waals surface area contributed by atoms with Gasteiger partial charge in [0.05, 0.1) is 0 Å². The van der Waals surface area contributed by atoms with E-state index in [4.69, 9.17) is 9.47 Å². The molecule has 0 aliphatic carbocycles.